The highest BCUT2D eigenvalue weighted by atomic mass is 16.6. The number of carbonyl (C=O) groups is 1. The van der Waals surface area contributed by atoms with E-state index in [1.165, 1.54) is 7.11 Å². The first kappa shape index (κ1) is 11.6. The molecule has 0 aromatic heterocycles. The summed E-state index contributed by atoms with van der Waals surface area (Å²) < 4.78 is 4.71. The van der Waals surface area contributed by atoms with Crippen LogP contribution in [-0.2, 0) is 14.4 Å². The minimum Gasteiger partial charge on any atom is -0.461 e. The Labute approximate surface area is 77.2 Å². The summed E-state index contributed by atoms with van der Waals surface area (Å²) in [6.07, 6.45) is 0.159. The largest absolute Gasteiger partial charge is 0.461 e. The number of nitrogens with zero attached hydrogens (tertiary/aromatic N) is 1. The van der Waals surface area contributed by atoms with Crippen LogP contribution in [0.4, 0.5) is 0 Å². The molecule has 1 N–H and O–H groups in total. The zero-order chi connectivity index (χ0) is 10.3. The van der Waals surface area contributed by atoms with Crippen molar-refractivity contribution in [1.82, 2.24) is 0 Å². The van der Waals surface area contributed by atoms with E-state index in [1.807, 2.05) is 0 Å². The first-order valence-electron chi connectivity index (χ1n) is 3.93. The first-order valence-corrected chi connectivity index (χ1v) is 3.93. The SMILES string of the molecule is CCOC(=O)/C(CC(C)=N)=N\OC. The molecule has 0 aliphatic rings. The van der Waals surface area contributed by atoms with Gasteiger partial charge in [-0.1, -0.05) is 5.16 Å². The van der Waals surface area contributed by atoms with Crippen molar-refractivity contribution in [3.05, 3.63) is 0 Å². The van der Waals surface area contributed by atoms with E-state index in [9.17, 15) is 4.79 Å². The number of esters is 1. The second-order valence-electron chi connectivity index (χ2n) is 2.40. The molecule has 5 heteroatoms. The number of carbonyl (C=O) groups excluding carboxylic acids is 1. The maximum absolute atomic E-state index is 11.1. The fourth-order valence-electron chi connectivity index (χ4n) is 0.717. The van der Waals surface area contributed by atoms with Crippen LogP contribution in [0.15, 0.2) is 5.16 Å². The minimum absolute atomic E-state index is 0.122. The van der Waals surface area contributed by atoms with Gasteiger partial charge in [0, 0.05) is 12.1 Å². The van der Waals surface area contributed by atoms with E-state index >= 15 is 0 Å². The normalized spacial score (nSPS) is 10.8. The van der Waals surface area contributed by atoms with Crippen molar-refractivity contribution in [1.29, 1.82) is 5.41 Å². The van der Waals surface area contributed by atoms with Gasteiger partial charge in [-0.2, -0.15) is 0 Å². The zero-order valence-corrected chi connectivity index (χ0v) is 8.09. The molecule has 0 amide bonds. The molecule has 0 bridgehead atoms. The van der Waals surface area contributed by atoms with E-state index in [0.29, 0.717) is 12.3 Å². The van der Waals surface area contributed by atoms with Crippen molar-refractivity contribution in [2.45, 2.75) is 20.3 Å². The molecule has 0 saturated heterocycles. The lowest BCUT2D eigenvalue weighted by Gasteiger charge is -2.03. The van der Waals surface area contributed by atoms with Gasteiger partial charge in [-0.3, -0.25) is 0 Å². The number of hydrogen-bond donors (Lipinski definition) is 1. The van der Waals surface area contributed by atoms with E-state index in [1.54, 1.807) is 13.8 Å². The molecule has 0 aromatic rings. The Bertz CT molecular complexity index is 223. The predicted molar refractivity (Wildman–Crippen MR) is 49.1 cm³/mol. The molecular weight excluding hydrogens is 172 g/mol. The van der Waals surface area contributed by atoms with Gasteiger partial charge >= 0.3 is 5.97 Å². The highest BCUT2D eigenvalue weighted by Crippen LogP contribution is 1.94. The van der Waals surface area contributed by atoms with Crippen molar-refractivity contribution in [3.63, 3.8) is 0 Å². The summed E-state index contributed by atoms with van der Waals surface area (Å²) >= 11 is 0. The molecule has 0 heterocycles. The third-order valence-corrected chi connectivity index (χ3v) is 1.15. The standard InChI is InChI=1S/C8H14N2O3/c1-4-13-8(11)7(10-12-3)5-6(2)9/h9H,4-5H2,1-3H3/b9-6?,10-7-. The van der Waals surface area contributed by atoms with Crippen LogP contribution in [0.3, 0.4) is 0 Å². The molecule has 0 spiro atoms. The van der Waals surface area contributed by atoms with Crippen molar-refractivity contribution in [2.75, 3.05) is 13.7 Å². The van der Waals surface area contributed by atoms with Gasteiger partial charge in [0.05, 0.1) is 6.61 Å². The lowest BCUT2D eigenvalue weighted by atomic mass is 10.2. The van der Waals surface area contributed by atoms with Gasteiger partial charge in [0.25, 0.3) is 0 Å². The molecule has 0 aliphatic heterocycles. The molecule has 5 nitrogen and oxygen atoms in total. The molecule has 0 fully saturated rings. The maximum atomic E-state index is 11.1. The van der Waals surface area contributed by atoms with Gasteiger partial charge in [-0.25, -0.2) is 4.79 Å². The Kier molecular flexibility index (Phi) is 5.50. The first-order chi connectivity index (χ1) is 6.11. The van der Waals surface area contributed by atoms with Gasteiger partial charge in [0.2, 0.25) is 0 Å². The lowest BCUT2D eigenvalue weighted by Crippen LogP contribution is -2.20. The van der Waals surface area contributed by atoms with Crippen LogP contribution in [-0.4, -0.2) is 31.1 Å². The second kappa shape index (κ2) is 6.16. The smallest absolute Gasteiger partial charge is 0.356 e. The van der Waals surface area contributed by atoms with E-state index in [0.717, 1.165) is 0 Å². The maximum Gasteiger partial charge on any atom is 0.356 e. The van der Waals surface area contributed by atoms with Gasteiger partial charge in [0.15, 0.2) is 5.71 Å². The average molecular weight is 186 g/mol. The summed E-state index contributed by atoms with van der Waals surface area (Å²) in [6, 6.07) is 0. The average Bonchev–Trinajstić information content (AvgIpc) is 2.03. The Balaban J connectivity index is 4.33. The fraction of sp³-hybridized carbons (Fsp3) is 0.625. The number of nitrogens with one attached hydrogen (secondary N) is 1. The molecule has 0 unspecified atom stereocenters. The number of rotatable bonds is 5. The van der Waals surface area contributed by atoms with Crippen LogP contribution in [0.1, 0.15) is 20.3 Å². The molecule has 0 aliphatic carbocycles. The quantitative estimate of drug-likeness (QED) is 0.395. The number of hydrogen-bond acceptors (Lipinski definition) is 5. The van der Waals surface area contributed by atoms with Crippen LogP contribution < -0.4 is 0 Å². The van der Waals surface area contributed by atoms with Crippen LogP contribution in [0.25, 0.3) is 0 Å². The topological polar surface area (TPSA) is 71.7 Å². The zero-order valence-electron chi connectivity index (χ0n) is 8.09. The molecule has 13 heavy (non-hydrogen) atoms. The molecule has 74 valence electrons. The van der Waals surface area contributed by atoms with E-state index in [-0.39, 0.29) is 12.1 Å². The van der Waals surface area contributed by atoms with Crippen molar-refractivity contribution >= 4 is 17.4 Å². The summed E-state index contributed by atoms with van der Waals surface area (Å²) in [5, 5.41) is 10.7. The van der Waals surface area contributed by atoms with Crippen molar-refractivity contribution in [3.8, 4) is 0 Å². The lowest BCUT2D eigenvalue weighted by molar-refractivity contribution is -0.135. The Hall–Kier alpha value is -1.39. The van der Waals surface area contributed by atoms with E-state index in [4.69, 9.17) is 10.1 Å². The van der Waals surface area contributed by atoms with Crippen LogP contribution in [0, 0.1) is 5.41 Å². The van der Waals surface area contributed by atoms with Crippen molar-refractivity contribution in [2.24, 2.45) is 5.16 Å². The third kappa shape index (κ3) is 4.95. The number of oxime groups is 1. The highest BCUT2D eigenvalue weighted by Gasteiger charge is 2.13. The molecule has 0 radical (unpaired) electrons. The van der Waals surface area contributed by atoms with Crippen LogP contribution in [0.2, 0.25) is 0 Å². The summed E-state index contributed by atoms with van der Waals surface area (Å²) in [7, 11) is 1.35. The van der Waals surface area contributed by atoms with E-state index < -0.39 is 5.97 Å². The predicted octanol–water partition coefficient (Wildman–Crippen LogP) is 0.982. The van der Waals surface area contributed by atoms with Gasteiger partial charge in [-0.15, -0.1) is 0 Å². The molecular formula is C8H14N2O3. The Morgan fingerprint density at radius 3 is 2.54 bits per heavy atom. The second-order valence-corrected chi connectivity index (χ2v) is 2.40. The molecule has 0 rings (SSSR count). The van der Waals surface area contributed by atoms with E-state index in [2.05, 4.69) is 9.99 Å². The summed E-state index contributed by atoms with van der Waals surface area (Å²) in [5.74, 6) is -0.532. The van der Waals surface area contributed by atoms with Crippen LogP contribution >= 0.6 is 0 Å². The third-order valence-electron chi connectivity index (χ3n) is 1.15. The van der Waals surface area contributed by atoms with Crippen molar-refractivity contribution < 1.29 is 14.4 Å². The van der Waals surface area contributed by atoms with Crippen LogP contribution in [0.5, 0.6) is 0 Å². The van der Waals surface area contributed by atoms with Gasteiger partial charge < -0.3 is 15.0 Å². The Morgan fingerprint density at radius 1 is 1.54 bits per heavy atom. The molecule has 0 atom stereocenters. The summed E-state index contributed by atoms with van der Waals surface area (Å²) in [4.78, 5) is 15.6. The molecule has 0 saturated carbocycles. The monoisotopic (exact) mass is 186 g/mol. The number of ether oxygens (including phenoxy) is 1. The Morgan fingerprint density at radius 2 is 2.15 bits per heavy atom. The molecule has 0 aromatic carbocycles. The minimum atomic E-state index is -0.532. The highest BCUT2D eigenvalue weighted by molar-refractivity contribution is 6.39. The fourth-order valence-corrected chi connectivity index (χ4v) is 0.717. The summed E-state index contributed by atoms with van der Waals surface area (Å²) in [6.45, 7) is 3.59. The van der Waals surface area contributed by atoms with Gasteiger partial charge in [0.1, 0.15) is 7.11 Å². The summed E-state index contributed by atoms with van der Waals surface area (Å²) in [5.41, 5.74) is 0.459. The van der Waals surface area contributed by atoms with Gasteiger partial charge in [-0.05, 0) is 13.8 Å².